The van der Waals surface area contributed by atoms with Gasteiger partial charge in [0.1, 0.15) is 5.75 Å². The topological polar surface area (TPSA) is 94.3 Å². The second-order valence-electron chi connectivity index (χ2n) is 6.12. The third-order valence-electron chi connectivity index (χ3n) is 4.07. The molecule has 0 radical (unpaired) electrons. The van der Waals surface area contributed by atoms with E-state index in [2.05, 4.69) is 14.9 Å². The van der Waals surface area contributed by atoms with E-state index in [1.54, 1.807) is 32.2 Å². The summed E-state index contributed by atoms with van der Waals surface area (Å²) in [4.78, 5) is 0.280. The van der Waals surface area contributed by atoms with Gasteiger partial charge in [-0.25, -0.2) is 13.1 Å². The first-order valence-corrected chi connectivity index (χ1v) is 9.92. The molecule has 1 aromatic heterocycles. The molecule has 0 amide bonds. The Morgan fingerprint density at radius 3 is 2.67 bits per heavy atom. The van der Waals surface area contributed by atoms with Crippen LogP contribution in [0.1, 0.15) is 17.0 Å². The molecule has 3 rings (SSSR count). The van der Waals surface area contributed by atoms with Crippen LogP contribution in [0.15, 0.2) is 51.8 Å². The largest absolute Gasteiger partial charge is 0.496 e. The van der Waals surface area contributed by atoms with E-state index in [1.807, 2.05) is 31.2 Å². The Bertz CT molecular complexity index is 1040. The predicted octanol–water partition coefficient (Wildman–Crippen LogP) is 2.88. The van der Waals surface area contributed by atoms with Gasteiger partial charge >= 0.3 is 0 Å². The van der Waals surface area contributed by atoms with E-state index in [1.165, 1.54) is 0 Å². The number of aryl methyl sites for hydroxylation is 2. The smallest absolute Gasteiger partial charge is 0.251 e. The van der Waals surface area contributed by atoms with Gasteiger partial charge in [-0.15, -0.1) is 10.2 Å². The van der Waals surface area contributed by atoms with E-state index < -0.39 is 10.0 Å². The second kappa shape index (κ2) is 7.89. The van der Waals surface area contributed by atoms with Gasteiger partial charge in [-0.1, -0.05) is 24.3 Å². The lowest BCUT2D eigenvalue weighted by molar-refractivity contribution is 0.413. The van der Waals surface area contributed by atoms with Crippen molar-refractivity contribution >= 4 is 10.0 Å². The number of benzene rings is 2. The summed E-state index contributed by atoms with van der Waals surface area (Å²) >= 11 is 0. The summed E-state index contributed by atoms with van der Waals surface area (Å²) < 4.78 is 38.5. The lowest BCUT2D eigenvalue weighted by Crippen LogP contribution is -2.26. The first-order valence-electron chi connectivity index (χ1n) is 8.43. The molecule has 142 valence electrons. The molecule has 0 fully saturated rings. The zero-order chi connectivity index (χ0) is 19.4. The SMILES string of the molecule is COc1ccccc1-c1nnc(CCNS(=O)(=O)c2cc(C)ccc2C)o1. The van der Waals surface area contributed by atoms with Crippen molar-refractivity contribution in [1.82, 2.24) is 14.9 Å². The average molecular weight is 387 g/mol. The van der Waals surface area contributed by atoms with Gasteiger partial charge in [0.15, 0.2) is 0 Å². The Labute approximate surface area is 158 Å². The summed E-state index contributed by atoms with van der Waals surface area (Å²) in [5, 5.41) is 8.01. The van der Waals surface area contributed by atoms with Crippen molar-refractivity contribution in [1.29, 1.82) is 0 Å². The third-order valence-corrected chi connectivity index (χ3v) is 5.67. The van der Waals surface area contributed by atoms with Crippen molar-refractivity contribution in [2.24, 2.45) is 0 Å². The van der Waals surface area contributed by atoms with Gasteiger partial charge in [0.25, 0.3) is 5.89 Å². The number of methoxy groups -OCH3 is 1. The first-order chi connectivity index (χ1) is 12.9. The number of aromatic nitrogens is 2. The summed E-state index contributed by atoms with van der Waals surface area (Å²) in [6.07, 6.45) is 0.284. The summed E-state index contributed by atoms with van der Waals surface area (Å²) in [6.45, 7) is 3.78. The molecule has 0 saturated heterocycles. The number of rotatable bonds is 7. The molecule has 0 aliphatic rings. The van der Waals surface area contributed by atoms with Crippen LogP contribution in [-0.2, 0) is 16.4 Å². The fourth-order valence-corrected chi connectivity index (χ4v) is 4.01. The van der Waals surface area contributed by atoms with E-state index in [-0.39, 0.29) is 17.9 Å². The van der Waals surface area contributed by atoms with Crippen LogP contribution >= 0.6 is 0 Å². The Kier molecular flexibility index (Phi) is 5.57. The minimum Gasteiger partial charge on any atom is -0.496 e. The van der Waals surface area contributed by atoms with E-state index in [4.69, 9.17) is 9.15 Å². The molecule has 3 aromatic rings. The first kappa shape index (κ1) is 19.1. The Morgan fingerprint density at radius 1 is 1.11 bits per heavy atom. The monoisotopic (exact) mass is 387 g/mol. The van der Waals surface area contributed by atoms with Gasteiger partial charge in [-0.05, 0) is 43.2 Å². The molecule has 0 aliphatic heterocycles. The number of hydrogen-bond donors (Lipinski definition) is 1. The highest BCUT2D eigenvalue weighted by Crippen LogP contribution is 2.28. The zero-order valence-electron chi connectivity index (χ0n) is 15.4. The fraction of sp³-hybridized carbons (Fsp3) is 0.263. The summed E-state index contributed by atoms with van der Waals surface area (Å²) in [7, 11) is -2.03. The summed E-state index contributed by atoms with van der Waals surface area (Å²) in [5.41, 5.74) is 2.28. The maximum atomic E-state index is 12.5. The van der Waals surface area contributed by atoms with Crippen molar-refractivity contribution in [3.05, 3.63) is 59.5 Å². The molecule has 0 spiro atoms. The molecule has 2 aromatic carbocycles. The zero-order valence-corrected chi connectivity index (χ0v) is 16.2. The Morgan fingerprint density at radius 2 is 1.89 bits per heavy atom. The van der Waals surface area contributed by atoms with Gasteiger partial charge in [-0.2, -0.15) is 0 Å². The van der Waals surface area contributed by atoms with Crippen LogP contribution in [0.3, 0.4) is 0 Å². The summed E-state index contributed by atoms with van der Waals surface area (Å²) in [5.74, 6) is 1.31. The third kappa shape index (κ3) is 4.35. The molecule has 0 saturated carbocycles. The summed E-state index contributed by atoms with van der Waals surface area (Å²) in [6, 6.07) is 12.6. The van der Waals surface area contributed by atoms with E-state index in [0.717, 1.165) is 5.56 Å². The normalized spacial score (nSPS) is 11.5. The van der Waals surface area contributed by atoms with Gasteiger partial charge in [0.2, 0.25) is 15.9 Å². The maximum Gasteiger partial charge on any atom is 0.251 e. The molecular weight excluding hydrogens is 366 g/mol. The minimum atomic E-state index is -3.60. The van der Waals surface area contributed by atoms with Crippen molar-refractivity contribution in [3.8, 4) is 17.2 Å². The van der Waals surface area contributed by atoms with Gasteiger partial charge in [-0.3, -0.25) is 0 Å². The lowest BCUT2D eigenvalue weighted by Gasteiger charge is -2.09. The number of hydrogen-bond acceptors (Lipinski definition) is 6. The Balaban J connectivity index is 1.68. The molecule has 0 atom stereocenters. The number of para-hydroxylation sites is 1. The molecule has 1 heterocycles. The van der Waals surface area contributed by atoms with Crippen LogP contribution in [-0.4, -0.2) is 32.3 Å². The maximum absolute atomic E-state index is 12.5. The number of nitrogens with zero attached hydrogens (tertiary/aromatic N) is 2. The molecule has 1 N–H and O–H groups in total. The highest BCUT2D eigenvalue weighted by atomic mass is 32.2. The Hall–Kier alpha value is -2.71. The average Bonchev–Trinajstić information content (AvgIpc) is 3.12. The lowest BCUT2D eigenvalue weighted by atomic mass is 10.2. The van der Waals surface area contributed by atoms with Gasteiger partial charge < -0.3 is 9.15 Å². The second-order valence-corrected chi connectivity index (χ2v) is 7.85. The molecule has 0 bridgehead atoms. The standard InChI is InChI=1S/C19H21N3O4S/c1-13-8-9-14(2)17(12-13)27(23,24)20-11-10-18-21-22-19(26-18)15-6-4-5-7-16(15)25-3/h4-9,12,20H,10-11H2,1-3H3. The highest BCUT2D eigenvalue weighted by Gasteiger charge is 2.18. The number of sulfonamides is 1. The fourth-order valence-electron chi connectivity index (χ4n) is 2.65. The number of nitrogens with one attached hydrogen (secondary N) is 1. The van der Waals surface area contributed by atoms with Crippen LogP contribution in [0.4, 0.5) is 0 Å². The van der Waals surface area contributed by atoms with Crippen LogP contribution in [0.2, 0.25) is 0 Å². The molecule has 27 heavy (non-hydrogen) atoms. The molecular formula is C19H21N3O4S. The van der Waals surface area contributed by atoms with Crippen molar-refractivity contribution < 1.29 is 17.6 Å². The number of ether oxygens (including phenoxy) is 1. The van der Waals surface area contributed by atoms with Crippen molar-refractivity contribution in [2.75, 3.05) is 13.7 Å². The quantitative estimate of drug-likeness (QED) is 0.670. The molecule has 8 heteroatoms. The molecule has 0 unspecified atom stereocenters. The van der Waals surface area contributed by atoms with Crippen LogP contribution in [0.25, 0.3) is 11.5 Å². The van der Waals surface area contributed by atoms with E-state index in [0.29, 0.717) is 28.7 Å². The molecule has 0 aliphatic carbocycles. The van der Waals surface area contributed by atoms with Gasteiger partial charge in [0.05, 0.1) is 17.6 Å². The van der Waals surface area contributed by atoms with E-state index in [9.17, 15) is 8.42 Å². The molecule has 7 nitrogen and oxygen atoms in total. The predicted molar refractivity (Wildman–Crippen MR) is 101 cm³/mol. The van der Waals surface area contributed by atoms with E-state index >= 15 is 0 Å². The van der Waals surface area contributed by atoms with Crippen LogP contribution in [0, 0.1) is 13.8 Å². The minimum absolute atomic E-state index is 0.156. The van der Waals surface area contributed by atoms with Crippen molar-refractivity contribution in [2.45, 2.75) is 25.2 Å². The van der Waals surface area contributed by atoms with Crippen LogP contribution < -0.4 is 9.46 Å². The van der Waals surface area contributed by atoms with Crippen molar-refractivity contribution in [3.63, 3.8) is 0 Å². The van der Waals surface area contributed by atoms with Gasteiger partial charge in [0, 0.05) is 13.0 Å². The van der Waals surface area contributed by atoms with Crippen LogP contribution in [0.5, 0.6) is 5.75 Å². The highest BCUT2D eigenvalue weighted by molar-refractivity contribution is 7.89.